The first kappa shape index (κ1) is 11.1. The molecular weight excluding hydrogens is 202 g/mol. The predicted molar refractivity (Wildman–Crippen MR) is 62.6 cm³/mol. The highest BCUT2D eigenvalue weighted by molar-refractivity contribution is 5.98. The van der Waals surface area contributed by atoms with Gasteiger partial charge in [-0.1, -0.05) is 18.6 Å². The van der Waals surface area contributed by atoms with Crippen LogP contribution >= 0.6 is 0 Å². The molecule has 0 bridgehead atoms. The molecule has 0 spiro atoms. The summed E-state index contributed by atoms with van der Waals surface area (Å²) in [7, 11) is 1.60. The van der Waals surface area contributed by atoms with Crippen LogP contribution in [0.5, 0.6) is 5.75 Å². The third kappa shape index (κ3) is 2.09. The predicted octanol–water partition coefficient (Wildman–Crippen LogP) is 2.01. The number of nitrogens with two attached hydrogens (primary N) is 1. The van der Waals surface area contributed by atoms with Gasteiger partial charge >= 0.3 is 0 Å². The highest BCUT2D eigenvalue weighted by atomic mass is 16.5. The normalized spacial score (nSPS) is 24.4. The van der Waals surface area contributed by atoms with E-state index in [9.17, 15) is 4.79 Å². The molecule has 2 atom stereocenters. The maximum absolute atomic E-state index is 12.2. The molecule has 86 valence electrons. The van der Waals surface area contributed by atoms with E-state index in [0.717, 1.165) is 25.0 Å². The molecule has 3 nitrogen and oxygen atoms in total. The number of rotatable bonds is 3. The Kier molecular flexibility index (Phi) is 3.25. The van der Waals surface area contributed by atoms with E-state index in [2.05, 4.69) is 0 Å². The van der Waals surface area contributed by atoms with Crippen LogP contribution < -0.4 is 10.5 Å². The summed E-state index contributed by atoms with van der Waals surface area (Å²) >= 11 is 0. The molecule has 1 aliphatic carbocycles. The number of carbonyl (C=O) groups is 1. The zero-order chi connectivity index (χ0) is 11.5. The van der Waals surface area contributed by atoms with Gasteiger partial charge in [-0.3, -0.25) is 4.79 Å². The standard InChI is InChI=1S/C13H17NO2/c1-16-10-5-2-4-9(8-10)13(15)11-6-3-7-12(11)14/h2,4-5,8,11-12H,3,6-7,14H2,1H3. The molecule has 0 saturated heterocycles. The van der Waals surface area contributed by atoms with Crippen molar-refractivity contribution in [3.8, 4) is 5.75 Å². The summed E-state index contributed by atoms with van der Waals surface area (Å²) in [6, 6.07) is 7.32. The number of hydrogen-bond donors (Lipinski definition) is 1. The van der Waals surface area contributed by atoms with Crippen molar-refractivity contribution in [2.45, 2.75) is 25.3 Å². The molecule has 1 fully saturated rings. The molecule has 0 heterocycles. The minimum atomic E-state index is -0.00731. The summed E-state index contributed by atoms with van der Waals surface area (Å²) in [5.74, 6) is 0.869. The molecule has 0 aliphatic heterocycles. The Balaban J connectivity index is 2.19. The first-order chi connectivity index (χ1) is 7.72. The average molecular weight is 219 g/mol. The maximum Gasteiger partial charge on any atom is 0.167 e. The average Bonchev–Trinajstić information content (AvgIpc) is 2.74. The van der Waals surface area contributed by atoms with Crippen molar-refractivity contribution < 1.29 is 9.53 Å². The molecule has 0 radical (unpaired) electrons. The SMILES string of the molecule is COc1cccc(C(=O)C2CCCC2N)c1. The molecule has 2 N–H and O–H groups in total. The molecule has 2 rings (SSSR count). The fourth-order valence-electron chi connectivity index (χ4n) is 2.30. The van der Waals surface area contributed by atoms with Gasteiger partial charge in [0.1, 0.15) is 5.75 Å². The molecule has 1 aromatic carbocycles. The Morgan fingerprint density at radius 2 is 2.25 bits per heavy atom. The number of carbonyl (C=O) groups excluding carboxylic acids is 1. The van der Waals surface area contributed by atoms with Gasteiger partial charge < -0.3 is 10.5 Å². The van der Waals surface area contributed by atoms with Crippen LogP contribution in [0.15, 0.2) is 24.3 Å². The minimum Gasteiger partial charge on any atom is -0.497 e. The van der Waals surface area contributed by atoms with E-state index in [-0.39, 0.29) is 17.7 Å². The highest BCUT2D eigenvalue weighted by Gasteiger charge is 2.30. The van der Waals surface area contributed by atoms with Crippen LogP contribution in [-0.2, 0) is 0 Å². The van der Waals surface area contributed by atoms with Crippen molar-refractivity contribution >= 4 is 5.78 Å². The van der Waals surface area contributed by atoms with Crippen molar-refractivity contribution in [3.63, 3.8) is 0 Å². The summed E-state index contributed by atoms with van der Waals surface area (Å²) in [5, 5.41) is 0. The quantitative estimate of drug-likeness (QED) is 0.791. The third-order valence-corrected chi connectivity index (χ3v) is 3.26. The van der Waals surface area contributed by atoms with Crippen molar-refractivity contribution in [1.82, 2.24) is 0 Å². The first-order valence-electron chi connectivity index (χ1n) is 5.66. The first-order valence-corrected chi connectivity index (χ1v) is 5.66. The van der Waals surface area contributed by atoms with Crippen molar-refractivity contribution in [3.05, 3.63) is 29.8 Å². The van der Waals surface area contributed by atoms with E-state index in [4.69, 9.17) is 10.5 Å². The summed E-state index contributed by atoms with van der Waals surface area (Å²) in [6.07, 6.45) is 2.93. The lowest BCUT2D eigenvalue weighted by Gasteiger charge is -2.14. The van der Waals surface area contributed by atoms with Crippen molar-refractivity contribution in [2.24, 2.45) is 11.7 Å². The van der Waals surface area contributed by atoms with Gasteiger partial charge in [-0.15, -0.1) is 0 Å². The van der Waals surface area contributed by atoms with E-state index in [1.807, 2.05) is 18.2 Å². The topological polar surface area (TPSA) is 52.3 Å². The monoisotopic (exact) mass is 219 g/mol. The van der Waals surface area contributed by atoms with Crippen LogP contribution in [0.1, 0.15) is 29.6 Å². The van der Waals surface area contributed by atoms with Gasteiger partial charge in [0.15, 0.2) is 5.78 Å². The summed E-state index contributed by atoms with van der Waals surface area (Å²) in [5.41, 5.74) is 6.65. The molecule has 1 saturated carbocycles. The van der Waals surface area contributed by atoms with Gasteiger partial charge in [-0.25, -0.2) is 0 Å². The van der Waals surface area contributed by atoms with E-state index >= 15 is 0 Å². The Morgan fingerprint density at radius 3 is 2.88 bits per heavy atom. The van der Waals surface area contributed by atoms with Gasteiger partial charge in [0.05, 0.1) is 7.11 Å². The van der Waals surface area contributed by atoms with E-state index < -0.39 is 0 Å². The van der Waals surface area contributed by atoms with Crippen LogP contribution in [0, 0.1) is 5.92 Å². The van der Waals surface area contributed by atoms with Crippen molar-refractivity contribution in [1.29, 1.82) is 0 Å². The minimum absolute atomic E-state index is 0.00731. The van der Waals surface area contributed by atoms with Gasteiger partial charge in [0.25, 0.3) is 0 Å². The number of ketones is 1. The third-order valence-electron chi connectivity index (χ3n) is 3.26. The number of ether oxygens (including phenoxy) is 1. The number of methoxy groups -OCH3 is 1. The van der Waals surface area contributed by atoms with Gasteiger partial charge in [0, 0.05) is 17.5 Å². The Hall–Kier alpha value is -1.35. The summed E-state index contributed by atoms with van der Waals surface area (Å²) in [6.45, 7) is 0. The largest absolute Gasteiger partial charge is 0.497 e. The lowest BCUT2D eigenvalue weighted by Crippen LogP contribution is -2.30. The fraction of sp³-hybridized carbons (Fsp3) is 0.462. The lowest BCUT2D eigenvalue weighted by atomic mass is 9.93. The molecule has 0 amide bonds. The Bertz CT molecular complexity index is 389. The zero-order valence-corrected chi connectivity index (χ0v) is 9.48. The van der Waals surface area contributed by atoms with Gasteiger partial charge in [-0.05, 0) is 25.0 Å². The van der Waals surface area contributed by atoms with Gasteiger partial charge in [-0.2, -0.15) is 0 Å². The van der Waals surface area contributed by atoms with Crippen LogP contribution in [-0.4, -0.2) is 18.9 Å². The van der Waals surface area contributed by atoms with E-state index in [1.54, 1.807) is 13.2 Å². The summed E-state index contributed by atoms with van der Waals surface area (Å²) in [4.78, 5) is 12.2. The molecule has 2 unspecified atom stereocenters. The van der Waals surface area contributed by atoms with Gasteiger partial charge in [0.2, 0.25) is 0 Å². The lowest BCUT2D eigenvalue weighted by molar-refractivity contribution is 0.0913. The fourth-order valence-corrected chi connectivity index (χ4v) is 2.30. The summed E-state index contributed by atoms with van der Waals surface area (Å²) < 4.78 is 5.11. The Labute approximate surface area is 95.6 Å². The number of benzene rings is 1. The molecule has 16 heavy (non-hydrogen) atoms. The van der Waals surface area contributed by atoms with Crippen molar-refractivity contribution in [2.75, 3.05) is 7.11 Å². The van der Waals surface area contributed by atoms with Crippen LogP contribution in [0.3, 0.4) is 0 Å². The smallest absolute Gasteiger partial charge is 0.167 e. The highest BCUT2D eigenvalue weighted by Crippen LogP contribution is 2.28. The van der Waals surface area contributed by atoms with Crippen LogP contribution in [0.25, 0.3) is 0 Å². The maximum atomic E-state index is 12.2. The van der Waals surface area contributed by atoms with E-state index in [0.29, 0.717) is 5.56 Å². The second kappa shape index (κ2) is 4.66. The molecule has 1 aromatic rings. The van der Waals surface area contributed by atoms with E-state index in [1.165, 1.54) is 0 Å². The molecule has 1 aliphatic rings. The molecule has 3 heteroatoms. The second-order valence-corrected chi connectivity index (χ2v) is 4.30. The molecular formula is C13H17NO2. The Morgan fingerprint density at radius 1 is 1.44 bits per heavy atom. The second-order valence-electron chi connectivity index (χ2n) is 4.30. The number of hydrogen-bond acceptors (Lipinski definition) is 3. The van der Waals surface area contributed by atoms with Crippen LogP contribution in [0.4, 0.5) is 0 Å². The number of Topliss-reactive ketones (excluding diaryl/α,β-unsaturated/α-hetero) is 1. The van der Waals surface area contributed by atoms with Crippen LogP contribution in [0.2, 0.25) is 0 Å². The zero-order valence-electron chi connectivity index (χ0n) is 9.48. The molecule has 0 aromatic heterocycles.